The van der Waals surface area contributed by atoms with Crippen LogP contribution in [0.3, 0.4) is 0 Å². The van der Waals surface area contributed by atoms with Crippen LogP contribution in [-0.4, -0.2) is 16.7 Å². The summed E-state index contributed by atoms with van der Waals surface area (Å²) in [6.45, 7) is 0.555. The predicted octanol–water partition coefficient (Wildman–Crippen LogP) is 2.49. The van der Waals surface area contributed by atoms with E-state index in [4.69, 9.17) is 10.3 Å². The van der Waals surface area contributed by atoms with Crippen LogP contribution in [0.15, 0.2) is 33.7 Å². The van der Waals surface area contributed by atoms with E-state index in [0.29, 0.717) is 24.0 Å². The largest absolute Gasteiger partial charge is 0.339 e. The molecule has 1 fully saturated rings. The fraction of sp³-hybridized carbons (Fsp3) is 0.385. The first-order chi connectivity index (χ1) is 9.22. The molecule has 0 aliphatic heterocycles. The summed E-state index contributed by atoms with van der Waals surface area (Å²) in [5.74, 6) is 1.69. The van der Waals surface area contributed by atoms with Crippen molar-refractivity contribution >= 4 is 11.8 Å². The van der Waals surface area contributed by atoms with Gasteiger partial charge in [-0.2, -0.15) is 4.98 Å². The van der Waals surface area contributed by atoms with Gasteiger partial charge in [0.2, 0.25) is 5.89 Å². The number of aromatic nitrogens is 2. The average molecular weight is 279 g/mol. The minimum atomic E-state index is -0.232. The summed E-state index contributed by atoms with van der Waals surface area (Å²) in [7, 11) is 0. The number of nitrogens with two attached hydrogens (primary N) is 1. The minimum Gasteiger partial charge on any atom is -0.339 e. The second-order valence-corrected chi connectivity index (χ2v) is 5.79. The molecule has 0 amide bonds. The van der Waals surface area contributed by atoms with Crippen LogP contribution in [0.1, 0.15) is 24.6 Å². The van der Waals surface area contributed by atoms with Crippen molar-refractivity contribution in [2.24, 2.45) is 5.73 Å². The smallest absolute Gasteiger partial charge is 0.234 e. The molecule has 0 bridgehead atoms. The van der Waals surface area contributed by atoms with Gasteiger partial charge in [-0.25, -0.2) is 4.39 Å². The molecular weight excluding hydrogens is 265 g/mol. The van der Waals surface area contributed by atoms with Crippen molar-refractivity contribution in [3.8, 4) is 0 Å². The van der Waals surface area contributed by atoms with E-state index in [-0.39, 0.29) is 11.2 Å². The summed E-state index contributed by atoms with van der Waals surface area (Å²) in [6, 6.07) is 6.36. The Bertz CT molecular complexity index is 566. The topological polar surface area (TPSA) is 64.9 Å². The van der Waals surface area contributed by atoms with Gasteiger partial charge in [0.15, 0.2) is 5.82 Å². The Morgan fingerprint density at radius 3 is 2.68 bits per heavy atom. The van der Waals surface area contributed by atoms with Crippen LogP contribution in [0.2, 0.25) is 0 Å². The van der Waals surface area contributed by atoms with Crippen LogP contribution in [0, 0.1) is 5.82 Å². The Kier molecular flexibility index (Phi) is 3.28. The molecule has 2 N–H and O–H groups in total. The van der Waals surface area contributed by atoms with Crippen LogP contribution < -0.4 is 5.73 Å². The average Bonchev–Trinajstić information content (AvgIpc) is 3.10. The minimum absolute atomic E-state index is 0.0637. The van der Waals surface area contributed by atoms with E-state index < -0.39 is 0 Å². The van der Waals surface area contributed by atoms with E-state index in [2.05, 4.69) is 10.1 Å². The van der Waals surface area contributed by atoms with Gasteiger partial charge in [0, 0.05) is 11.4 Å². The fourth-order valence-electron chi connectivity index (χ4n) is 1.86. The van der Waals surface area contributed by atoms with Gasteiger partial charge in [-0.05, 0) is 37.1 Å². The normalized spacial score (nSPS) is 16.5. The SMILES string of the molecule is NCC1(c2nc(CSc3ccc(F)cc3)no2)CC1. The van der Waals surface area contributed by atoms with E-state index in [9.17, 15) is 4.39 Å². The summed E-state index contributed by atoms with van der Waals surface area (Å²) >= 11 is 1.55. The first kappa shape index (κ1) is 12.6. The molecule has 2 aromatic rings. The lowest BCUT2D eigenvalue weighted by molar-refractivity contribution is 0.344. The Morgan fingerprint density at radius 1 is 1.32 bits per heavy atom. The number of hydrogen-bond donors (Lipinski definition) is 1. The summed E-state index contributed by atoms with van der Waals surface area (Å²) in [5, 5.41) is 3.97. The van der Waals surface area contributed by atoms with Gasteiger partial charge in [-0.15, -0.1) is 11.8 Å². The number of benzene rings is 1. The lowest BCUT2D eigenvalue weighted by atomic mass is 10.1. The number of rotatable bonds is 5. The molecule has 1 aliphatic rings. The molecule has 1 heterocycles. The van der Waals surface area contributed by atoms with Gasteiger partial charge >= 0.3 is 0 Å². The van der Waals surface area contributed by atoms with Crippen LogP contribution in [0.25, 0.3) is 0 Å². The van der Waals surface area contributed by atoms with Crippen LogP contribution in [0.4, 0.5) is 4.39 Å². The maximum Gasteiger partial charge on any atom is 0.234 e. The number of halogens is 1. The molecular formula is C13H14FN3OS. The molecule has 0 radical (unpaired) electrons. The predicted molar refractivity (Wildman–Crippen MR) is 70.2 cm³/mol. The van der Waals surface area contributed by atoms with Crippen LogP contribution in [-0.2, 0) is 11.2 Å². The quantitative estimate of drug-likeness (QED) is 0.852. The molecule has 0 saturated heterocycles. The first-order valence-electron chi connectivity index (χ1n) is 6.13. The second-order valence-electron chi connectivity index (χ2n) is 4.74. The molecule has 19 heavy (non-hydrogen) atoms. The van der Waals surface area contributed by atoms with Gasteiger partial charge in [0.25, 0.3) is 0 Å². The Balaban J connectivity index is 1.63. The summed E-state index contributed by atoms with van der Waals surface area (Å²) in [4.78, 5) is 5.37. The van der Waals surface area contributed by atoms with Crippen molar-refractivity contribution in [2.75, 3.05) is 6.54 Å². The van der Waals surface area contributed by atoms with Gasteiger partial charge in [0.05, 0.1) is 11.2 Å². The van der Waals surface area contributed by atoms with Crippen LogP contribution >= 0.6 is 11.8 Å². The maximum absolute atomic E-state index is 12.8. The first-order valence-corrected chi connectivity index (χ1v) is 7.12. The van der Waals surface area contributed by atoms with E-state index in [1.807, 2.05) is 0 Å². The lowest BCUT2D eigenvalue weighted by Gasteiger charge is -2.03. The third-order valence-corrected chi connectivity index (χ3v) is 4.36. The third kappa shape index (κ3) is 2.64. The highest BCUT2D eigenvalue weighted by molar-refractivity contribution is 7.98. The van der Waals surface area contributed by atoms with Crippen molar-refractivity contribution in [3.63, 3.8) is 0 Å². The Hall–Kier alpha value is -1.40. The highest BCUT2D eigenvalue weighted by atomic mass is 32.2. The number of nitrogens with zero attached hydrogens (tertiary/aromatic N) is 2. The molecule has 0 spiro atoms. The van der Waals surface area contributed by atoms with Crippen molar-refractivity contribution in [3.05, 3.63) is 41.8 Å². The highest BCUT2D eigenvalue weighted by Crippen LogP contribution is 2.46. The van der Waals surface area contributed by atoms with E-state index in [1.54, 1.807) is 23.9 Å². The molecule has 3 rings (SSSR count). The maximum atomic E-state index is 12.8. The van der Waals surface area contributed by atoms with Crippen molar-refractivity contribution in [1.29, 1.82) is 0 Å². The second kappa shape index (κ2) is 4.94. The molecule has 1 aromatic carbocycles. The Morgan fingerprint density at radius 2 is 2.05 bits per heavy atom. The van der Waals surface area contributed by atoms with Crippen molar-refractivity contribution in [2.45, 2.75) is 28.9 Å². The zero-order chi connectivity index (χ0) is 13.3. The van der Waals surface area contributed by atoms with Gasteiger partial charge < -0.3 is 10.3 Å². The molecule has 0 atom stereocenters. The van der Waals surface area contributed by atoms with E-state index in [0.717, 1.165) is 17.7 Å². The summed E-state index contributed by atoms with van der Waals surface area (Å²) in [5.41, 5.74) is 5.66. The number of thioether (sulfide) groups is 1. The van der Waals surface area contributed by atoms with Gasteiger partial charge in [-0.1, -0.05) is 5.16 Å². The molecule has 100 valence electrons. The zero-order valence-corrected chi connectivity index (χ0v) is 11.1. The van der Waals surface area contributed by atoms with Crippen LogP contribution in [0.5, 0.6) is 0 Å². The standard InChI is InChI=1S/C13H14FN3OS/c14-9-1-3-10(4-2-9)19-7-11-16-12(18-17-11)13(8-15)5-6-13/h1-4H,5-8,15H2. The lowest BCUT2D eigenvalue weighted by Crippen LogP contribution is -2.20. The van der Waals surface area contributed by atoms with E-state index >= 15 is 0 Å². The molecule has 1 aromatic heterocycles. The molecule has 0 unspecified atom stereocenters. The van der Waals surface area contributed by atoms with Crippen molar-refractivity contribution < 1.29 is 8.91 Å². The molecule has 6 heteroatoms. The van der Waals surface area contributed by atoms with Gasteiger partial charge in [0.1, 0.15) is 5.82 Å². The van der Waals surface area contributed by atoms with E-state index in [1.165, 1.54) is 12.1 Å². The monoisotopic (exact) mass is 279 g/mol. The third-order valence-electron chi connectivity index (χ3n) is 3.35. The number of hydrogen-bond acceptors (Lipinski definition) is 5. The molecule has 1 aliphatic carbocycles. The summed E-state index contributed by atoms with van der Waals surface area (Å²) < 4.78 is 18.0. The molecule has 1 saturated carbocycles. The fourth-order valence-corrected chi connectivity index (χ4v) is 2.60. The van der Waals surface area contributed by atoms with Crippen molar-refractivity contribution in [1.82, 2.24) is 10.1 Å². The Labute approximate surface area is 114 Å². The summed E-state index contributed by atoms with van der Waals surface area (Å²) in [6.07, 6.45) is 2.05. The zero-order valence-electron chi connectivity index (χ0n) is 10.3. The van der Waals surface area contributed by atoms with Gasteiger partial charge in [-0.3, -0.25) is 0 Å². The highest BCUT2D eigenvalue weighted by Gasteiger charge is 2.48. The molecule has 4 nitrogen and oxygen atoms in total.